The molecule has 0 saturated heterocycles. The van der Waals surface area contributed by atoms with Crippen LogP contribution in [0.5, 0.6) is 0 Å². The van der Waals surface area contributed by atoms with Crippen LogP contribution < -0.4 is 21.3 Å². The number of aromatic nitrogens is 1. The highest BCUT2D eigenvalue weighted by molar-refractivity contribution is 8.00. The Kier molecular flexibility index (Phi) is 13.7. The normalized spacial score (nSPS) is 24.6. The molecule has 8 N–H and O–H groups in total. The number of pyridine rings is 1. The number of aliphatic hydroxyl groups is 2. The molecular weight excluding hydrogens is 706 g/mol. The molecular formula is C37H51N5O10S. The molecule has 4 aliphatic rings. The minimum absolute atomic E-state index is 0.0612. The summed E-state index contributed by atoms with van der Waals surface area (Å²) in [5, 5.41) is 48.7. The van der Waals surface area contributed by atoms with Crippen LogP contribution in [0.3, 0.4) is 0 Å². The fourth-order valence-electron chi connectivity index (χ4n) is 8.25. The van der Waals surface area contributed by atoms with Gasteiger partial charge in [0.1, 0.15) is 17.7 Å². The van der Waals surface area contributed by atoms with Gasteiger partial charge in [0.05, 0.1) is 5.25 Å². The highest BCUT2D eigenvalue weighted by atomic mass is 32.2. The summed E-state index contributed by atoms with van der Waals surface area (Å²) in [5.41, 5.74) is 0.611. The molecule has 3 aliphatic carbocycles. The number of nitrogens with zero attached hydrogens (tertiary/aromatic N) is 1. The van der Waals surface area contributed by atoms with Crippen molar-refractivity contribution in [3.63, 3.8) is 0 Å². The summed E-state index contributed by atoms with van der Waals surface area (Å²) in [6.45, 7) is -0.0612. The van der Waals surface area contributed by atoms with Crippen molar-refractivity contribution in [1.82, 2.24) is 26.3 Å². The first kappa shape index (κ1) is 40.4. The Labute approximate surface area is 312 Å². The Balaban J connectivity index is 1.44. The predicted octanol–water partition coefficient (Wildman–Crippen LogP) is 1.95. The number of ether oxygens (including phenoxy) is 1. The maximum absolute atomic E-state index is 13.7. The van der Waals surface area contributed by atoms with Gasteiger partial charge in [-0.05, 0) is 80.2 Å². The number of carboxylic acid groups (broad SMARTS) is 2. The summed E-state index contributed by atoms with van der Waals surface area (Å²) < 4.78 is 6.27. The van der Waals surface area contributed by atoms with Crippen molar-refractivity contribution in [2.75, 3.05) is 19.5 Å². The number of carbonyl (C=O) groups excluding carboxylic acids is 3. The topological polar surface area (TPSA) is 237 Å². The Morgan fingerprint density at radius 1 is 1.06 bits per heavy atom. The van der Waals surface area contributed by atoms with Crippen LogP contribution in [0.2, 0.25) is 0 Å². The van der Waals surface area contributed by atoms with E-state index in [0.717, 1.165) is 75.3 Å². The van der Waals surface area contributed by atoms with E-state index >= 15 is 0 Å². The molecule has 1 spiro atoms. The van der Waals surface area contributed by atoms with E-state index in [2.05, 4.69) is 20.9 Å². The average Bonchev–Trinajstić information content (AvgIpc) is 3.74. The summed E-state index contributed by atoms with van der Waals surface area (Å²) in [4.78, 5) is 67.7. The second-order valence-corrected chi connectivity index (χ2v) is 15.7. The maximum atomic E-state index is 13.7. The first-order valence-electron chi connectivity index (χ1n) is 18.4. The summed E-state index contributed by atoms with van der Waals surface area (Å²) >= 11 is 1.37. The minimum Gasteiger partial charge on any atom is -0.478 e. The van der Waals surface area contributed by atoms with Crippen molar-refractivity contribution < 1.29 is 49.1 Å². The van der Waals surface area contributed by atoms with Gasteiger partial charge >= 0.3 is 17.9 Å². The summed E-state index contributed by atoms with van der Waals surface area (Å²) in [6.07, 6.45) is 12.4. The van der Waals surface area contributed by atoms with Crippen molar-refractivity contribution >= 4 is 41.5 Å². The molecule has 16 heteroatoms. The van der Waals surface area contributed by atoms with Crippen LogP contribution in [0.4, 0.5) is 0 Å². The number of hydrogen-bond acceptors (Lipinski definition) is 12. The molecule has 1 aromatic heterocycles. The number of nitrogens with one attached hydrogen (secondary N) is 4. The molecule has 5 rings (SSSR count). The fourth-order valence-corrected chi connectivity index (χ4v) is 9.91. The zero-order chi connectivity index (χ0) is 38.2. The SMILES string of the molecule is CNCN[C@@](O)(CCC(=O)N[C@@H](CS[C@H]1C2=C3[C@@H](CCCCCC14CCCC4)CC(Cc1ccncc1)=C[C@H]3C(=O)O2)C(=O)N[C@@H](O)C(=O)O)C(=O)O. The van der Waals surface area contributed by atoms with E-state index in [1.165, 1.54) is 17.3 Å². The molecule has 1 fully saturated rings. The van der Waals surface area contributed by atoms with E-state index < -0.39 is 60.5 Å². The monoisotopic (exact) mass is 757 g/mol. The summed E-state index contributed by atoms with van der Waals surface area (Å²) in [6, 6.07) is 2.59. The van der Waals surface area contributed by atoms with Gasteiger partial charge in [0.2, 0.25) is 23.8 Å². The van der Waals surface area contributed by atoms with E-state index in [1.807, 2.05) is 23.5 Å². The predicted molar refractivity (Wildman–Crippen MR) is 194 cm³/mol. The molecule has 1 aromatic rings. The first-order chi connectivity index (χ1) is 25.4. The number of thioether (sulfide) groups is 1. The third kappa shape index (κ3) is 9.84. The van der Waals surface area contributed by atoms with Gasteiger partial charge < -0.3 is 41.1 Å². The second-order valence-electron chi connectivity index (χ2n) is 14.6. The van der Waals surface area contributed by atoms with Crippen molar-refractivity contribution in [3.05, 3.63) is 53.1 Å². The van der Waals surface area contributed by atoms with Crippen molar-refractivity contribution in [2.45, 2.75) is 107 Å². The highest BCUT2D eigenvalue weighted by Crippen LogP contribution is 2.56. The van der Waals surface area contributed by atoms with Crippen LogP contribution in [0.25, 0.3) is 0 Å². The van der Waals surface area contributed by atoms with Gasteiger partial charge in [-0.25, -0.2) is 9.59 Å². The van der Waals surface area contributed by atoms with Crippen LogP contribution in [0, 0.1) is 17.3 Å². The summed E-state index contributed by atoms with van der Waals surface area (Å²) in [7, 11) is 1.54. The van der Waals surface area contributed by atoms with Crippen LogP contribution in [0.15, 0.2) is 47.5 Å². The number of carbonyl (C=O) groups is 5. The zero-order valence-electron chi connectivity index (χ0n) is 30.0. The van der Waals surface area contributed by atoms with Crippen molar-refractivity contribution in [3.8, 4) is 0 Å². The second kappa shape index (κ2) is 18.0. The number of aliphatic hydroxyl groups excluding tert-OH is 1. The molecule has 2 amide bonds. The quantitative estimate of drug-likeness (QED) is 0.0684. The molecule has 1 saturated carbocycles. The Morgan fingerprint density at radius 3 is 2.42 bits per heavy atom. The number of amides is 2. The third-order valence-electron chi connectivity index (χ3n) is 11.0. The molecule has 1 aliphatic heterocycles. The largest absolute Gasteiger partial charge is 0.478 e. The average molecular weight is 758 g/mol. The van der Waals surface area contributed by atoms with E-state index in [4.69, 9.17) is 4.74 Å². The van der Waals surface area contributed by atoms with Gasteiger partial charge in [-0.3, -0.25) is 24.7 Å². The molecule has 290 valence electrons. The summed E-state index contributed by atoms with van der Waals surface area (Å²) in [5.74, 6) is -5.18. The fraction of sp³-hybridized carbons (Fsp3) is 0.622. The Bertz CT molecular complexity index is 1580. The maximum Gasteiger partial charge on any atom is 0.353 e. The lowest BCUT2D eigenvalue weighted by Crippen LogP contribution is -2.56. The van der Waals surface area contributed by atoms with Crippen LogP contribution in [-0.2, 0) is 35.1 Å². The molecule has 0 radical (unpaired) electrons. The number of esters is 1. The molecule has 0 unspecified atom stereocenters. The molecule has 6 atom stereocenters. The Hall–Kier alpha value is -3.83. The van der Waals surface area contributed by atoms with Crippen molar-refractivity contribution in [1.29, 1.82) is 0 Å². The first-order valence-corrected chi connectivity index (χ1v) is 19.4. The third-order valence-corrected chi connectivity index (χ3v) is 12.5. The smallest absolute Gasteiger partial charge is 0.353 e. The number of carboxylic acids is 2. The van der Waals surface area contributed by atoms with E-state index in [0.29, 0.717) is 12.2 Å². The van der Waals surface area contributed by atoms with E-state index in [9.17, 15) is 44.4 Å². The lowest BCUT2D eigenvalue weighted by Gasteiger charge is -2.40. The molecule has 15 nitrogen and oxygen atoms in total. The van der Waals surface area contributed by atoms with E-state index in [-0.39, 0.29) is 35.0 Å². The lowest BCUT2D eigenvalue weighted by atomic mass is 9.70. The zero-order valence-corrected chi connectivity index (χ0v) is 30.8. The number of allylic oxidation sites excluding steroid dienone is 1. The molecule has 53 heavy (non-hydrogen) atoms. The van der Waals surface area contributed by atoms with Gasteiger partial charge in [0.15, 0.2) is 0 Å². The van der Waals surface area contributed by atoms with Crippen LogP contribution in [0.1, 0.15) is 82.6 Å². The molecule has 2 heterocycles. The van der Waals surface area contributed by atoms with Crippen LogP contribution >= 0.6 is 11.8 Å². The minimum atomic E-state index is -2.43. The number of rotatable bonds is 16. The van der Waals surface area contributed by atoms with Gasteiger partial charge in [-0.15, -0.1) is 11.8 Å². The van der Waals surface area contributed by atoms with Gasteiger partial charge in [0, 0.05) is 37.7 Å². The highest BCUT2D eigenvalue weighted by Gasteiger charge is 2.51. The molecule has 0 bridgehead atoms. The van der Waals surface area contributed by atoms with Gasteiger partial charge in [-0.1, -0.05) is 43.8 Å². The Morgan fingerprint density at radius 2 is 1.75 bits per heavy atom. The van der Waals surface area contributed by atoms with Crippen molar-refractivity contribution in [2.24, 2.45) is 17.3 Å². The lowest BCUT2D eigenvalue weighted by molar-refractivity contribution is -0.164. The van der Waals surface area contributed by atoms with Gasteiger partial charge in [-0.2, -0.15) is 0 Å². The van der Waals surface area contributed by atoms with E-state index in [1.54, 1.807) is 19.4 Å². The standard InChI is InChI=1S/C37H51N5O10S/c1-38-21-40-37(51,35(49)50)14-8-27(43)41-26(31(44)42-32(45)33(46)47)20-53-30-29-28-24(7-3-2-4-11-36(30)12-5-6-13-36)18-23(19-25(28)34(48)52-29)17-22-9-15-39-16-10-22/h9-10,15-16,19,24-26,30,32,38,40,45,51H,2-8,11-14,17-18,20-21H2,1H3,(H,41,43)(H,42,44)(H,46,47)(H,49,50)/t24-,25+,26-,30-,32-,37+/m0/s1. The van der Waals surface area contributed by atoms with Crippen LogP contribution in [-0.4, -0.2) is 97.8 Å². The van der Waals surface area contributed by atoms with Gasteiger partial charge in [0.25, 0.3) is 0 Å². The number of hydrogen-bond donors (Lipinski definition) is 8. The molecule has 0 aromatic carbocycles. The number of aliphatic carboxylic acids is 2.